The van der Waals surface area contributed by atoms with Crippen LogP contribution >= 0.6 is 0 Å². The van der Waals surface area contributed by atoms with Gasteiger partial charge in [0.25, 0.3) is 11.8 Å². The van der Waals surface area contributed by atoms with Crippen LogP contribution in [0.5, 0.6) is 17.2 Å². The molecule has 0 bridgehead atoms. The van der Waals surface area contributed by atoms with E-state index in [4.69, 9.17) is 9.47 Å². The average Bonchev–Trinajstić information content (AvgIpc) is 2.85. The number of hydrogen-bond acceptors (Lipinski definition) is 4. The highest BCUT2D eigenvalue weighted by atomic mass is 16.5. The summed E-state index contributed by atoms with van der Waals surface area (Å²) >= 11 is 0. The molecule has 4 rings (SSSR count). The summed E-state index contributed by atoms with van der Waals surface area (Å²) in [4.78, 5) is 27.4. The molecule has 0 atom stereocenters. The molecule has 0 spiro atoms. The Morgan fingerprint density at radius 1 is 0.848 bits per heavy atom. The SMILES string of the molecule is CCOc1ccc(C(=O)N2CCC(NC(=O)c3cccc(Oc4ccccc4)c3)CC2)cc1. The Hall–Kier alpha value is -3.80. The van der Waals surface area contributed by atoms with Crippen LogP contribution in [-0.2, 0) is 0 Å². The van der Waals surface area contributed by atoms with E-state index in [1.54, 1.807) is 24.3 Å². The van der Waals surface area contributed by atoms with Gasteiger partial charge in [0.1, 0.15) is 17.2 Å². The van der Waals surface area contributed by atoms with E-state index in [-0.39, 0.29) is 17.9 Å². The molecule has 6 nitrogen and oxygen atoms in total. The molecule has 2 amide bonds. The number of nitrogens with zero attached hydrogens (tertiary/aromatic N) is 1. The maximum Gasteiger partial charge on any atom is 0.253 e. The molecule has 1 aliphatic rings. The highest BCUT2D eigenvalue weighted by molar-refractivity contribution is 5.95. The van der Waals surface area contributed by atoms with E-state index in [1.165, 1.54) is 0 Å². The van der Waals surface area contributed by atoms with Crippen LogP contribution in [0.25, 0.3) is 0 Å². The Morgan fingerprint density at radius 3 is 2.24 bits per heavy atom. The summed E-state index contributed by atoms with van der Waals surface area (Å²) in [6.07, 6.45) is 1.43. The second-order valence-electron chi connectivity index (χ2n) is 7.94. The topological polar surface area (TPSA) is 67.9 Å². The number of para-hydroxylation sites is 1. The minimum Gasteiger partial charge on any atom is -0.494 e. The number of piperidine rings is 1. The average molecular weight is 445 g/mol. The highest BCUT2D eigenvalue weighted by Gasteiger charge is 2.25. The summed E-state index contributed by atoms with van der Waals surface area (Å²) in [5, 5.41) is 3.10. The Labute approximate surface area is 194 Å². The lowest BCUT2D eigenvalue weighted by Gasteiger charge is -2.32. The summed E-state index contributed by atoms with van der Waals surface area (Å²) in [5.41, 5.74) is 1.20. The van der Waals surface area contributed by atoms with Gasteiger partial charge in [-0.1, -0.05) is 24.3 Å². The number of rotatable bonds is 7. The second kappa shape index (κ2) is 10.7. The molecule has 1 N–H and O–H groups in total. The molecule has 1 fully saturated rings. The molecule has 170 valence electrons. The van der Waals surface area contributed by atoms with Crippen LogP contribution in [0.1, 0.15) is 40.5 Å². The first-order valence-electron chi connectivity index (χ1n) is 11.3. The van der Waals surface area contributed by atoms with E-state index in [2.05, 4.69) is 5.32 Å². The zero-order chi connectivity index (χ0) is 23.0. The van der Waals surface area contributed by atoms with Crippen LogP contribution < -0.4 is 14.8 Å². The van der Waals surface area contributed by atoms with Crippen molar-refractivity contribution in [3.8, 4) is 17.2 Å². The minimum atomic E-state index is -0.134. The van der Waals surface area contributed by atoms with Gasteiger partial charge in [-0.2, -0.15) is 0 Å². The number of hydrogen-bond donors (Lipinski definition) is 1. The third kappa shape index (κ3) is 5.92. The predicted molar refractivity (Wildman–Crippen MR) is 127 cm³/mol. The van der Waals surface area contributed by atoms with Crippen LogP contribution in [0.2, 0.25) is 0 Å². The molecule has 0 aromatic heterocycles. The normalized spacial score (nSPS) is 13.9. The number of carbonyl (C=O) groups excluding carboxylic acids is 2. The third-order valence-electron chi connectivity index (χ3n) is 5.60. The smallest absolute Gasteiger partial charge is 0.253 e. The molecule has 3 aromatic rings. The summed E-state index contributed by atoms with van der Waals surface area (Å²) < 4.78 is 11.3. The van der Waals surface area contributed by atoms with E-state index < -0.39 is 0 Å². The molecule has 0 unspecified atom stereocenters. The Kier molecular flexibility index (Phi) is 7.25. The number of nitrogens with one attached hydrogen (secondary N) is 1. The van der Waals surface area contributed by atoms with Gasteiger partial charge in [0.2, 0.25) is 0 Å². The Balaban J connectivity index is 1.29. The van der Waals surface area contributed by atoms with Crippen molar-refractivity contribution < 1.29 is 19.1 Å². The first kappa shape index (κ1) is 22.4. The quantitative estimate of drug-likeness (QED) is 0.562. The maximum atomic E-state index is 12.8. The van der Waals surface area contributed by atoms with Gasteiger partial charge in [-0.25, -0.2) is 0 Å². The lowest BCUT2D eigenvalue weighted by atomic mass is 10.0. The molecule has 1 aliphatic heterocycles. The van der Waals surface area contributed by atoms with Crippen molar-refractivity contribution in [1.82, 2.24) is 10.2 Å². The summed E-state index contributed by atoms with van der Waals surface area (Å²) in [5.74, 6) is 1.97. The van der Waals surface area contributed by atoms with Crippen LogP contribution in [0.15, 0.2) is 78.9 Å². The maximum absolute atomic E-state index is 12.8. The van der Waals surface area contributed by atoms with Crippen molar-refractivity contribution in [2.75, 3.05) is 19.7 Å². The third-order valence-corrected chi connectivity index (χ3v) is 5.60. The zero-order valence-corrected chi connectivity index (χ0v) is 18.7. The van der Waals surface area contributed by atoms with Gasteiger partial charge >= 0.3 is 0 Å². The standard InChI is InChI=1S/C27H28N2O4/c1-2-32-23-13-11-20(12-14-23)27(31)29-17-15-22(16-18-29)28-26(30)21-7-6-10-25(19-21)33-24-8-4-3-5-9-24/h3-14,19,22H,2,15-18H2,1H3,(H,28,30). The molecule has 1 heterocycles. The van der Waals surface area contributed by atoms with E-state index in [1.807, 2.05) is 66.4 Å². The van der Waals surface area contributed by atoms with E-state index >= 15 is 0 Å². The largest absolute Gasteiger partial charge is 0.494 e. The molecule has 3 aromatic carbocycles. The van der Waals surface area contributed by atoms with Crippen LogP contribution in [0.4, 0.5) is 0 Å². The van der Waals surface area contributed by atoms with E-state index in [0.29, 0.717) is 49.4 Å². The highest BCUT2D eigenvalue weighted by Crippen LogP contribution is 2.22. The van der Waals surface area contributed by atoms with Crippen LogP contribution in [0, 0.1) is 0 Å². The van der Waals surface area contributed by atoms with Gasteiger partial charge in [0.05, 0.1) is 6.61 Å². The fraction of sp³-hybridized carbons (Fsp3) is 0.259. The van der Waals surface area contributed by atoms with Crippen LogP contribution in [0.3, 0.4) is 0 Å². The lowest BCUT2D eigenvalue weighted by Crippen LogP contribution is -2.46. The Bertz CT molecular complexity index is 1070. The number of amides is 2. The first-order valence-corrected chi connectivity index (χ1v) is 11.3. The number of carbonyl (C=O) groups is 2. The second-order valence-corrected chi connectivity index (χ2v) is 7.94. The first-order chi connectivity index (χ1) is 16.1. The van der Waals surface area contributed by atoms with E-state index in [0.717, 1.165) is 11.5 Å². The van der Waals surface area contributed by atoms with Gasteiger partial charge in [0.15, 0.2) is 0 Å². The minimum absolute atomic E-state index is 0.00795. The summed E-state index contributed by atoms with van der Waals surface area (Å²) in [7, 11) is 0. The van der Waals surface area contributed by atoms with Gasteiger partial charge in [0, 0.05) is 30.3 Å². The van der Waals surface area contributed by atoms with Crippen molar-refractivity contribution in [2.24, 2.45) is 0 Å². The zero-order valence-electron chi connectivity index (χ0n) is 18.7. The van der Waals surface area contributed by atoms with Crippen LogP contribution in [-0.4, -0.2) is 42.5 Å². The monoisotopic (exact) mass is 444 g/mol. The van der Waals surface area contributed by atoms with Crippen molar-refractivity contribution in [3.63, 3.8) is 0 Å². The number of likely N-dealkylation sites (tertiary alicyclic amines) is 1. The summed E-state index contributed by atoms with van der Waals surface area (Å²) in [6.45, 7) is 3.73. The van der Waals surface area contributed by atoms with E-state index in [9.17, 15) is 9.59 Å². The Morgan fingerprint density at radius 2 is 1.55 bits per heavy atom. The molecule has 0 aliphatic carbocycles. The van der Waals surface area contributed by atoms with Crippen molar-refractivity contribution in [1.29, 1.82) is 0 Å². The van der Waals surface area contributed by atoms with Crippen molar-refractivity contribution >= 4 is 11.8 Å². The van der Waals surface area contributed by atoms with Crippen molar-refractivity contribution in [2.45, 2.75) is 25.8 Å². The molecular weight excluding hydrogens is 416 g/mol. The number of benzene rings is 3. The molecule has 0 radical (unpaired) electrons. The molecule has 6 heteroatoms. The summed E-state index contributed by atoms with van der Waals surface area (Å²) in [6, 6.07) is 23.9. The van der Waals surface area contributed by atoms with Gasteiger partial charge < -0.3 is 19.7 Å². The van der Waals surface area contributed by atoms with Gasteiger partial charge in [-0.05, 0) is 74.4 Å². The molecule has 1 saturated heterocycles. The molecule has 0 saturated carbocycles. The van der Waals surface area contributed by atoms with Crippen molar-refractivity contribution in [3.05, 3.63) is 90.0 Å². The molecule has 33 heavy (non-hydrogen) atoms. The predicted octanol–water partition coefficient (Wildman–Crippen LogP) is 4.91. The fourth-order valence-electron chi connectivity index (χ4n) is 3.86. The fourth-order valence-corrected chi connectivity index (χ4v) is 3.86. The molecular formula is C27H28N2O4. The number of ether oxygens (including phenoxy) is 2. The van der Waals surface area contributed by atoms with Gasteiger partial charge in [-0.3, -0.25) is 9.59 Å². The van der Waals surface area contributed by atoms with Gasteiger partial charge in [-0.15, -0.1) is 0 Å². The lowest BCUT2D eigenvalue weighted by molar-refractivity contribution is 0.0698.